The van der Waals surface area contributed by atoms with Crippen LogP contribution in [0.2, 0.25) is 0 Å². The van der Waals surface area contributed by atoms with E-state index in [2.05, 4.69) is 38.3 Å². The highest BCUT2D eigenvalue weighted by atomic mass is 15.1. The molecule has 0 spiro atoms. The van der Waals surface area contributed by atoms with Crippen molar-refractivity contribution in [1.29, 1.82) is 0 Å². The minimum Gasteiger partial charge on any atom is -0.336 e. The first-order valence-electron chi connectivity index (χ1n) is 5.79. The SMILES string of the molecule is CNC(C)(C)c1cncn1CCn1ccnc1. The third-order valence-corrected chi connectivity index (χ3v) is 3.14. The van der Waals surface area contributed by atoms with E-state index in [9.17, 15) is 0 Å². The van der Waals surface area contributed by atoms with E-state index in [1.165, 1.54) is 5.69 Å². The summed E-state index contributed by atoms with van der Waals surface area (Å²) < 4.78 is 4.24. The van der Waals surface area contributed by atoms with Crippen molar-refractivity contribution in [2.24, 2.45) is 0 Å². The van der Waals surface area contributed by atoms with Gasteiger partial charge in [0.2, 0.25) is 0 Å². The molecule has 2 heterocycles. The molecule has 0 amide bonds. The van der Waals surface area contributed by atoms with Crippen LogP contribution >= 0.6 is 0 Å². The Morgan fingerprint density at radius 1 is 1.24 bits per heavy atom. The van der Waals surface area contributed by atoms with Gasteiger partial charge >= 0.3 is 0 Å². The zero-order chi connectivity index (χ0) is 12.3. The Morgan fingerprint density at radius 2 is 2.06 bits per heavy atom. The van der Waals surface area contributed by atoms with Crippen LogP contribution in [0.5, 0.6) is 0 Å². The summed E-state index contributed by atoms with van der Waals surface area (Å²) in [7, 11) is 1.97. The zero-order valence-electron chi connectivity index (χ0n) is 10.6. The normalized spacial score (nSPS) is 11.9. The second-order valence-electron chi connectivity index (χ2n) is 4.65. The van der Waals surface area contributed by atoms with Gasteiger partial charge in [-0.25, -0.2) is 9.97 Å². The summed E-state index contributed by atoms with van der Waals surface area (Å²) in [6.45, 7) is 6.11. The van der Waals surface area contributed by atoms with E-state index in [4.69, 9.17) is 0 Å². The van der Waals surface area contributed by atoms with Crippen molar-refractivity contribution < 1.29 is 0 Å². The van der Waals surface area contributed by atoms with Gasteiger partial charge in [0.15, 0.2) is 0 Å². The van der Waals surface area contributed by atoms with Gasteiger partial charge in [-0.15, -0.1) is 0 Å². The van der Waals surface area contributed by atoms with Crippen LogP contribution in [0.25, 0.3) is 0 Å². The standard InChI is InChI=1S/C12H19N5/c1-12(2,13-3)11-8-15-10-17(11)7-6-16-5-4-14-9-16/h4-5,8-10,13H,6-7H2,1-3H3. The molecule has 0 saturated heterocycles. The van der Waals surface area contributed by atoms with Crippen molar-refractivity contribution in [2.45, 2.75) is 32.5 Å². The van der Waals surface area contributed by atoms with Crippen molar-refractivity contribution in [3.05, 3.63) is 36.9 Å². The van der Waals surface area contributed by atoms with E-state index >= 15 is 0 Å². The largest absolute Gasteiger partial charge is 0.336 e. The van der Waals surface area contributed by atoms with Gasteiger partial charge in [-0.05, 0) is 20.9 Å². The second kappa shape index (κ2) is 4.71. The Morgan fingerprint density at radius 3 is 2.71 bits per heavy atom. The number of nitrogens with zero attached hydrogens (tertiary/aromatic N) is 4. The van der Waals surface area contributed by atoms with Crippen LogP contribution in [0.15, 0.2) is 31.2 Å². The number of rotatable bonds is 5. The number of imidazole rings is 2. The number of hydrogen-bond donors (Lipinski definition) is 1. The van der Waals surface area contributed by atoms with E-state index in [0.29, 0.717) is 0 Å². The maximum absolute atomic E-state index is 4.23. The summed E-state index contributed by atoms with van der Waals surface area (Å²) in [5.74, 6) is 0. The lowest BCUT2D eigenvalue weighted by molar-refractivity contribution is 0.402. The van der Waals surface area contributed by atoms with Gasteiger partial charge in [-0.1, -0.05) is 0 Å². The predicted octanol–water partition coefficient (Wildman–Crippen LogP) is 1.23. The molecule has 0 atom stereocenters. The molecular formula is C12H19N5. The summed E-state index contributed by atoms with van der Waals surface area (Å²) in [5.41, 5.74) is 1.13. The molecule has 0 bridgehead atoms. The highest BCUT2D eigenvalue weighted by Gasteiger charge is 2.21. The molecule has 0 radical (unpaired) electrons. The Kier molecular flexibility index (Phi) is 3.28. The Labute approximate surface area is 102 Å². The number of aryl methyl sites for hydroxylation is 2. The molecule has 2 aromatic rings. The summed E-state index contributed by atoms with van der Waals surface area (Å²) in [5, 5.41) is 3.30. The molecule has 0 saturated carbocycles. The quantitative estimate of drug-likeness (QED) is 0.845. The minimum atomic E-state index is -0.0640. The first-order valence-corrected chi connectivity index (χ1v) is 5.79. The topological polar surface area (TPSA) is 47.7 Å². The molecule has 0 fully saturated rings. The molecule has 5 heteroatoms. The predicted molar refractivity (Wildman–Crippen MR) is 66.5 cm³/mol. The molecule has 0 aliphatic heterocycles. The van der Waals surface area contributed by atoms with Gasteiger partial charge in [0, 0.05) is 31.7 Å². The smallest absolute Gasteiger partial charge is 0.0949 e. The Balaban J connectivity index is 2.09. The van der Waals surface area contributed by atoms with E-state index in [1.54, 1.807) is 6.20 Å². The first-order chi connectivity index (χ1) is 8.13. The fourth-order valence-electron chi connectivity index (χ4n) is 1.79. The third-order valence-electron chi connectivity index (χ3n) is 3.14. The highest BCUT2D eigenvalue weighted by Crippen LogP contribution is 2.18. The Bertz CT molecular complexity index is 455. The van der Waals surface area contributed by atoms with Crippen LogP contribution < -0.4 is 5.32 Å². The van der Waals surface area contributed by atoms with Gasteiger partial charge in [0.1, 0.15) is 0 Å². The zero-order valence-corrected chi connectivity index (χ0v) is 10.6. The van der Waals surface area contributed by atoms with E-state index in [0.717, 1.165) is 13.1 Å². The molecule has 0 aromatic carbocycles. The molecule has 1 N–H and O–H groups in total. The van der Waals surface area contributed by atoms with Crippen LogP contribution in [-0.4, -0.2) is 26.1 Å². The molecule has 92 valence electrons. The lowest BCUT2D eigenvalue weighted by Gasteiger charge is -2.25. The van der Waals surface area contributed by atoms with E-state index in [-0.39, 0.29) is 5.54 Å². The maximum atomic E-state index is 4.23. The summed E-state index contributed by atoms with van der Waals surface area (Å²) in [6.07, 6.45) is 9.40. The van der Waals surface area contributed by atoms with Gasteiger partial charge < -0.3 is 14.5 Å². The van der Waals surface area contributed by atoms with Crippen LogP contribution in [-0.2, 0) is 18.6 Å². The first kappa shape index (κ1) is 11.9. The molecule has 5 nitrogen and oxygen atoms in total. The van der Waals surface area contributed by atoms with Gasteiger partial charge in [0.25, 0.3) is 0 Å². The van der Waals surface area contributed by atoms with Gasteiger partial charge in [0.05, 0.1) is 23.9 Å². The maximum Gasteiger partial charge on any atom is 0.0949 e. The molecule has 0 aliphatic carbocycles. The summed E-state index contributed by atoms with van der Waals surface area (Å²) in [6, 6.07) is 0. The van der Waals surface area contributed by atoms with Crippen molar-refractivity contribution in [3.8, 4) is 0 Å². The molecular weight excluding hydrogens is 214 g/mol. The van der Waals surface area contributed by atoms with Crippen molar-refractivity contribution >= 4 is 0 Å². The van der Waals surface area contributed by atoms with Crippen molar-refractivity contribution in [2.75, 3.05) is 7.05 Å². The fourth-order valence-corrected chi connectivity index (χ4v) is 1.79. The van der Waals surface area contributed by atoms with E-state index < -0.39 is 0 Å². The highest BCUT2D eigenvalue weighted by molar-refractivity contribution is 5.10. The van der Waals surface area contributed by atoms with Crippen LogP contribution in [0.1, 0.15) is 19.5 Å². The van der Waals surface area contributed by atoms with E-state index in [1.807, 2.05) is 32.1 Å². The lowest BCUT2D eigenvalue weighted by atomic mass is 10.0. The lowest BCUT2D eigenvalue weighted by Crippen LogP contribution is -2.35. The molecule has 17 heavy (non-hydrogen) atoms. The minimum absolute atomic E-state index is 0.0640. The van der Waals surface area contributed by atoms with Crippen LogP contribution in [0.3, 0.4) is 0 Å². The van der Waals surface area contributed by atoms with Crippen molar-refractivity contribution in [1.82, 2.24) is 24.4 Å². The number of aromatic nitrogens is 4. The number of hydrogen-bond acceptors (Lipinski definition) is 3. The average Bonchev–Trinajstić information content (AvgIpc) is 2.97. The monoisotopic (exact) mass is 233 g/mol. The second-order valence-corrected chi connectivity index (χ2v) is 4.65. The molecule has 2 rings (SSSR count). The molecule has 0 aliphatic rings. The fraction of sp³-hybridized carbons (Fsp3) is 0.500. The van der Waals surface area contributed by atoms with Gasteiger partial charge in [-0.2, -0.15) is 0 Å². The molecule has 2 aromatic heterocycles. The summed E-state index contributed by atoms with van der Waals surface area (Å²) in [4.78, 5) is 8.27. The third kappa shape index (κ3) is 2.55. The van der Waals surface area contributed by atoms with Gasteiger partial charge in [-0.3, -0.25) is 0 Å². The number of nitrogens with one attached hydrogen (secondary N) is 1. The average molecular weight is 233 g/mol. The van der Waals surface area contributed by atoms with Crippen molar-refractivity contribution in [3.63, 3.8) is 0 Å². The molecule has 0 unspecified atom stereocenters. The summed E-state index contributed by atoms with van der Waals surface area (Å²) >= 11 is 0. The Hall–Kier alpha value is -1.62. The van der Waals surface area contributed by atoms with Crippen LogP contribution in [0.4, 0.5) is 0 Å². The van der Waals surface area contributed by atoms with Crippen LogP contribution in [0, 0.1) is 0 Å².